The topological polar surface area (TPSA) is 80.3 Å². The number of carbonyl (C=O) groups is 2. The van der Waals surface area contributed by atoms with E-state index in [1.165, 1.54) is 0 Å². The Balaban J connectivity index is 1.64. The number of nitrogens with one attached hydrogen (secondary N) is 2. The summed E-state index contributed by atoms with van der Waals surface area (Å²) < 4.78 is 5.38. The van der Waals surface area contributed by atoms with E-state index in [-0.39, 0.29) is 29.2 Å². The molecule has 6 nitrogen and oxygen atoms in total. The molecule has 1 aromatic heterocycles. The molecule has 136 valence electrons. The standard InChI is InChI=1S/C20H23N3O3/c1-2-26-16-12-10-15(11-13-16)22-20(25)18-9-5-8-17(23-18)19(24)21-14-6-3-4-7-14/h5,8-14H,2-4,6-7H2,1H3,(H,21,24)(H,22,25). The second kappa shape index (κ2) is 8.47. The second-order valence-corrected chi connectivity index (χ2v) is 6.27. The third-order valence-corrected chi connectivity index (χ3v) is 4.33. The molecule has 3 rings (SSSR count). The Kier molecular flexibility index (Phi) is 5.84. The maximum atomic E-state index is 12.4. The normalized spacial score (nSPS) is 14.0. The van der Waals surface area contributed by atoms with Crippen LogP contribution < -0.4 is 15.4 Å². The lowest BCUT2D eigenvalue weighted by Gasteiger charge is -2.12. The van der Waals surface area contributed by atoms with Crippen LogP contribution in [0, 0.1) is 0 Å². The summed E-state index contributed by atoms with van der Waals surface area (Å²) in [7, 11) is 0. The molecule has 2 aromatic rings. The monoisotopic (exact) mass is 353 g/mol. The molecule has 1 aromatic carbocycles. The number of anilines is 1. The number of hydrogen-bond donors (Lipinski definition) is 2. The Morgan fingerprint density at radius 1 is 1.04 bits per heavy atom. The summed E-state index contributed by atoms with van der Waals surface area (Å²) in [6.45, 7) is 2.50. The molecule has 1 aliphatic carbocycles. The average molecular weight is 353 g/mol. The van der Waals surface area contributed by atoms with Gasteiger partial charge in [0.25, 0.3) is 11.8 Å². The molecule has 1 fully saturated rings. The molecule has 0 bridgehead atoms. The summed E-state index contributed by atoms with van der Waals surface area (Å²) >= 11 is 0. The highest BCUT2D eigenvalue weighted by molar-refractivity contribution is 6.03. The van der Waals surface area contributed by atoms with E-state index in [2.05, 4.69) is 15.6 Å². The number of carbonyl (C=O) groups excluding carboxylic acids is 2. The molecule has 0 saturated heterocycles. The van der Waals surface area contributed by atoms with Crippen molar-refractivity contribution in [1.29, 1.82) is 0 Å². The number of aromatic nitrogens is 1. The fourth-order valence-corrected chi connectivity index (χ4v) is 3.01. The van der Waals surface area contributed by atoms with Crippen molar-refractivity contribution in [2.45, 2.75) is 38.6 Å². The number of nitrogens with zero attached hydrogens (tertiary/aromatic N) is 1. The Morgan fingerprint density at radius 3 is 2.35 bits per heavy atom. The number of ether oxygens (including phenoxy) is 1. The van der Waals surface area contributed by atoms with Gasteiger partial charge in [-0.2, -0.15) is 0 Å². The van der Waals surface area contributed by atoms with Gasteiger partial charge in [-0.3, -0.25) is 9.59 Å². The Labute approximate surface area is 153 Å². The molecule has 0 aliphatic heterocycles. The molecule has 1 saturated carbocycles. The van der Waals surface area contributed by atoms with Gasteiger partial charge < -0.3 is 15.4 Å². The van der Waals surface area contributed by atoms with Crippen molar-refractivity contribution in [3.05, 3.63) is 53.9 Å². The van der Waals surface area contributed by atoms with Gasteiger partial charge in [0.1, 0.15) is 17.1 Å². The quantitative estimate of drug-likeness (QED) is 0.834. The third kappa shape index (κ3) is 4.59. The van der Waals surface area contributed by atoms with E-state index < -0.39 is 0 Å². The van der Waals surface area contributed by atoms with Crippen LogP contribution in [-0.4, -0.2) is 29.4 Å². The van der Waals surface area contributed by atoms with Crippen LogP contribution >= 0.6 is 0 Å². The largest absolute Gasteiger partial charge is 0.494 e. The van der Waals surface area contributed by atoms with Gasteiger partial charge in [0.15, 0.2) is 0 Å². The predicted molar refractivity (Wildman–Crippen MR) is 99.5 cm³/mol. The average Bonchev–Trinajstić information content (AvgIpc) is 3.16. The van der Waals surface area contributed by atoms with Gasteiger partial charge in [-0.25, -0.2) is 4.98 Å². The summed E-state index contributed by atoms with van der Waals surface area (Å²) in [6.07, 6.45) is 4.29. The van der Waals surface area contributed by atoms with E-state index in [0.29, 0.717) is 12.3 Å². The van der Waals surface area contributed by atoms with Crippen LogP contribution in [0.2, 0.25) is 0 Å². The third-order valence-electron chi connectivity index (χ3n) is 4.33. The molecule has 26 heavy (non-hydrogen) atoms. The SMILES string of the molecule is CCOc1ccc(NC(=O)c2cccc(C(=O)NC3CCCC3)n2)cc1. The summed E-state index contributed by atoms with van der Waals surface area (Å²) in [5.74, 6) is 0.159. The minimum absolute atomic E-state index is 0.206. The summed E-state index contributed by atoms with van der Waals surface area (Å²) in [6, 6.07) is 12.2. The zero-order valence-electron chi connectivity index (χ0n) is 14.8. The van der Waals surface area contributed by atoms with E-state index in [4.69, 9.17) is 4.74 Å². The molecule has 1 aliphatic rings. The van der Waals surface area contributed by atoms with Gasteiger partial charge in [0.2, 0.25) is 0 Å². The maximum Gasteiger partial charge on any atom is 0.274 e. The highest BCUT2D eigenvalue weighted by Crippen LogP contribution is 2.18. The maximum absolute atomic E-state index is 12.4. The zero-order chi connectivity index (χ0) is 18.4. The minimum Gasteiger partial charge on any atom is -0.494 e. The van der Waals surface area contributed by atoms with Crippen molar-refractivity contribution in [2.24, 2.45) is 0 Å². The van der Waals surface area contributed by atoms with E-state index in [0.717, 1.165) is 31.4 Å². The minimum atomic E-state index is -0.357. The van der Waals surface area contributed by atoms with Crippen molar-refractivity contribution in [1.82, 2.24) is 10.3 Å². The molecule has 1 heterocycles. The molecule has 6 heteroatoms. The van der Waals surface area contributed by atoms with Crippen molar-refractivity contribution in [3.8, 4) is 5.75 Å². The lowest BCUT2D eigenvalue weighted by Crippen LogP contribution is -2.33. The number of benzene rings is 1. The fourth-order valence-electron chi connectivity index (χ4n) is 3.01. The van der Waals surface area contributed by atoms with E-state index >= 15 is 0 Å². The number of rotatable bonds is 6. The smallest absolute Gasteiger partial charge is 0.274 e. The molecule has 0 atom stereocenters. The van der Waals surface area contributed by atoms with Crippen LogP contribution in [0.4, 0.5) is 5.69 Å². The van der Waals surface area contributed by atoms with Crippen molar-refractivity contribution < 1.29 is 14.3 Å². The fraction of sp³-hybridized carbons (Fsp3) is 0.350. The van der Waals surface area contributed by atoms with Crippen LogP contribution in [0.25, 0.3) is 0 Å². The molecule has 0 radical (unpaired) electrons. The lowest BCUT2D eigenvalue weighted by atomic mass is 10.2. The van der Waals surface area contributed by atoms with Crippen LogP contribution in [0.1, 0.15) is 53.6 Å². The molecular formula is C20H23N3O3. The van der Waals surface area contributed by atoms with Gasteiger partial charge in [-0.05, 0) is 56.2 Å². The van der Waals surface area contributed by atoms with Gasteiger partial charge in [-0.15, -0.1) is 0 Å². The Morgan fingerprint density at radius 2 is 1.69 bits per heavy atom. The summed E-state index contributed by atoms with van der Waals surface area (Å²) in [4.78, 5) is 28.9. The number of amides is 2. The first-order valence-corrected chi connectivity index (χ1v) is 8.98. The molecule has 0 spiro atoms. The van der Waals surface area contributed by atoms with Crippen LogP contribution in [0.3, 0.4) is 0 Å². The Hall–Kier alpha value is -2.89. The zero-order valence-corrected chi connectivity index (χ0v) is 14.8. The Bertz CT molecular complexity index is 768. The molecule has 2 amide bonds. The second-order valence-electron chi connectivity index (χ2n) is 6.27. The van der Waals surface area contributed by atoms with Crippen molar-refractivity contribution in [2.75, 3.05) is 11.9 Å². The first kappa shape index (κ1) is 17.9. The van der Waals surface area contributed by atoms with Gasteiger partial charge in [0.05, 0.1) is 6.61 Å². The van der Waals surface area contributed by atoms with E-state index in [1.54, 1.807) is 42.5 Å². The van der Waals surface area contributed by atoms with Gasteiger partial charge >= 0.3 is 0 Å². The van der Waals surface area contributed by atoms with Crippen LogP contribution in [0.5, 0.6) is 5.75 Å². The first-order valence-electron chi connectivity index (χ1n) is 8.98. The van der Waals surface area contributed by atoms with Crippen molar-refractivity contribution >= 4 is 17.5 Å². The van der Waals surface area contributed by atoms with Crippen molar-refractivity contribution in [3.63, 3.8) is 0 Å². The lowest BCUT2D eigenvalue weighted by molar-refractivity contribution is 0.0932. The number of hydrogen-bond acceptors (Lipinski definition) is 4. The van der Waals surface area contributed by atoms with Crippen LogP contribution in [-0.2, 0) is 0 Å². The number of pyridine rings is 1. The highest BCUT2D eigenvalue weighted by atomic mass is 16.5. The van der Waals surface area contributed by atoms with Gasteiger partial charge in [0, 0.05) is 11.7 Å². The van der Waals surface area contributed by atoms with E-state index in [1.807, 2.05) is 6.92 Å². The first-order chi connectivity index (χ1) is 12.7. The summed E-state index contributed by atoms with van der Waals surface area (Å²) in [5.41, 5.74) is 1.11. The molecule has 0 unspecified atom stereocenters. The summed E-state index contributed by atoms with van der Waals surface area (Å²) in [5, 5.41) is 5.76. The predicted octanol–water partition coefficient (Wildman–Crippen LogP) is 3.41. The van der Waals surface area contributed by atoms with Crippen LogP contribution in [0.15, 0.2) is 42.5 Å². The molecule has 2 N–H and O–H groups in total. The van der Waals surface area contributed by atoms with Gasteiger partial charge in [-0.1, -0.05) is 18.9 Å². The highest BCUT2D eigenvalue weighted by Gasteiger charge is 2.19. The van der Waals surface area contributed by atoms with E-state index in [9.17, 15) is 9.59 Å². The molecular weight excluding hydrogens is 330 g/mol.